The highest BCUT2D eigenvalue weighted by molar-refractivity contribution is 6.33. The van der Waals surface area contributed by atoms with Crippen LogP contribution in [0.3, 0.4) is 0 Å². The molecular formula is C20H12ClN5O4. The lowest BCUT2D eigenvalue weighted by Crippen LogP contribution is -1.91. The maximum atomic E-state index is 11.2. The molecule has 2 aromatic heterocycles. The number of nitrogens with zero attached hydrogens (tertiary/aromatic N) is 5. The maximum absolute atomic E-state index is 11.2. The van der Waals surface area contributed by atoms with Crippen LogP contribution in [0.5, 0.6) is 0 Å². The molecule has 0 N–H and O–H groups in total. The third-order valence-corrected chi connectivity index (χ3v) is 4.70. The molecule has 0 fully saturated rings. The Morgan fingerprint density at radius 3 is 2.50 bits per heavy atom. The van der Waals surface area contributed by atoms with Crippen LogP contribution < -0.4 is 0 Å². The van der Waals surface area contributed by atoms with Gasteiger partial charge < -0.3 is 0 Å². The summed E-state index contributed by atoms with van der Waals surface area (Å²) >= 11 is 6.16. The Kier molecular flexibility index (Phi) is 4.95. The summed E-state index contributed by atoms with van der Waals surface area (Å²) in [6.07, 6.45) is 3.16. The van der Waals surface area contributed by atoms with Crippen molar-refractivity contribution < 1.29 is 9.85 Å². The summed E-state index contributed by atoms with van der Waals surface area (Å²) in [6.45, 7) is 0. The van der Waals surface area contributed by atoms with Gasteiger partial charge in [-0.2, -0.15) is 0 Å². The molecule has 9 nitrogen and oxygen atoms in total. The first-order valence-electron chi connectivity index (χ1n) is 8.64. The van der Waals surface area contributed by atoms with Crippen molar-refractivity contribution >= 4 is 40.7 Å². The smallest absolute Gasteiger partial charge is 0.270 e. The Bertz CT molecular complexity index is 1330. The largest absolute Gasteiger partial charge is 0.284 e. The summed E-state index contributed by atoms with van der Waals surface area (Å²) in [7, 11) is 0. The van der Waals surface area contributed by atoms with Crippen LogP contribution >= 0.6 is 11.6 Å². The van der Waals surface area contributed by atoms with E-state index < -0.39 is 9.85 Å². The maximum Gasteiger partial charge on any atom is 0.270 e. The molecule has 30 heavy (non-hydrogen) atoms. The second-order valence-corrected chi connectivity index (χ2v) is 6.65. The number of benzene rings is 2. The zero-order valence-electron chi connectivity index (χ0n) is 15.2. The Balaban J connectivity index is 1.87. The fraction of sp³-hybridized carbons (Fsp3) is 0. The highest BCUT2D eigenvalue weighted by Gasteiger charge is 2.16. The monoisotopic (exact) mass is 421 g/mol. The van der Waals surface area contributed by atoms with Crippen LogP contribution in [0.2, 0.25) is 5.02 Å². The number of fused-ring (bicyclic) bond motifs is 1. The van der Waals surface area contributed by atoms with Crippen molar-refractivity contribution in [3.8, 4) is 11.3 Å². The van der Waals surface area contributed by atoms with Gasteiger partial charge in [0.15, 0.2) is 5.82 Å². The second kappa shape index (κ2) is 7.72. The topological polar surface area (TPSA) is 116 Å². The van der Waals surface area contributed by atoms with Crippen molar-refractivity contribution in [2.45, 2.75) is 0 Å². The standard InChI is InChI=1S/C20H12ClN5O4/c21-17-8-7-16(26(29)30)11-14(17)12-22-20-19(23-18-6-1-2-9-24(18)20)13-4-3-5-15(10-13)25(27)28/h1-12H/b22-12+. The molecule has 2 aromatic carbocycles. The van der Waals surface area contributed by atoms with Gasteiger partial charge in [0.1, 0.15) is 11.3 Å². The molecule has 0 aliphatic heterocycles. The van der Waals surface area contributed by atoms with Crippen molar-refractivity contribution in [2.24, 2.45) is 4.99 Å². The predicted molar refractivity (Wildman–Crippen MR) is 113 cm³/mol. The van der Waals surface area contributed by atoms with E-state index in [9.17, 15) is 20.2 Å². The summed E-state index contributed by atoms with van der Waals surface area (Å²) in [5.74, 6) is 0.411. The van der Waals surface area contributed by atoms with Gasteiger partial charge in [-0.3, -0.25) is 24.6 Å². The first-order valence-corrected chi connectivity index (χ1v) is 9.02. The number of aliphatic imine (C=N–C) groups is 1. The molecule has 0 spiro atoms. The number of hydrogen-bond donors (Lipinski definition) is 0. The quantitative estimate of drug-likeness (QED) is 0.249. The molecule has 0 radical (unpaired) electrons. The van der Waals surface area contributed by atoms with Crippen LogP contribution in [0, 0.1) is 20.2 Å². The second-order valence-electron chi connectivity index (χ2n) is 6.24. The normalized spacial score (nSPS) is 11.2. The number of halogens is 1. The first kappa shape index (κ1) is 19.2. The van der Waals surface area contributed by atoms with Gasteiger partial charge in [0, 0.05) is 52.8 Å². The average molecular weight is 422 g/mol. The van der Waals surface area contributed by atoms with Gasteiger partial charge in [-0.05, 0) is 18.2 Å². The molecule has 0 unspecified atom stereocenters. The summed E-state index contributed by atoms with van der Waals surface area (Å²) in [4.78, 5) is 30.2. The summed E-state index contributed by atoms with van der Waals surface area (Å²) < 4.78 is 1.72. The molecular weight excluding hydrogens is 410 g/mol. The van der Waals surface area contributed by atoms with Crippen LogP contribution in [0.25, 0.3) is 16.9 Å². The molecule has 148 valence electrons. The minimum absolute atomic E-state index is 0.0683. The SMILES string of the molecule is O=[N+]([O-])c1cccc(-c2nc3ccccn3c2/N=C/c2cc([N+](=O)[O-])ccc2Cl)c1. The van der Waals surface area contributed by atoms with Crippen LogP contribution in [-0.4, -0.2) is 25.4 Å². The molecule has 0 aliphatic carbocycles. The molecule has 0 saturated heterocycles. The molecule has 0 saturated carbocycles. The molecule has 10 heteroatoms. The minimum Gasteiger partial charge on any atom is -0.284 e. The predicted octanol–water partition coefficient (Wildman–Crippen LogP) is 5.22. The van der Waals surface area contributed by atoms with Gasteiger partial charge >= 0.3 is 0 Å². The molecule has 0 bridgehead atoms. The number of aromatic nitrogens is 2. The van der Waals surface area contributed by atoms with E-state index in [0.717, 1.165) is 0 Å². The van der Waals surface area contributed by atoms with E-state index in [1.54, 1.807) is 34.9 Å². The van der Waals surface area contributed by atoms with E-state index >= 15 is 0 Å². The fourth-order valence-electron chi connectivity index (χ4n) is 2.94. The number of rotatable bonds is 5. The van der Waals surface area contributed by atoms with Gasteiger partial charge in [-0.1, -0.05) is 29.8 Å². The third-order valence-electron chi connectivity index (χ3n) is 4.35. The van der Waals surface area contributed by atoms with E-state index in [2.05, 4.69) is 9.98 Å². The van der Waals surface area contributed by atoms with Gasteiger partial charge in [-0.15, -0.1) is 0 Å². The van der Waals surface area contributed by atoms with Crippen LogP contribution in [0.15, 0.2) is 71.9 Å². The van der Waals surface area contributed by atoms with Crippen LogP contribution in [0.4, 0.5) is 17.2 Å². The van der Waals surface area contributed by atoms with E-state index in [-0.39, 0.29) is 11.4 Å². The number of hydrogen-bond acceptors (Lipinski definition) is 6. The number of nitro groups is 2. The number of imidazole rings is 1. The molecule has 4 rings (SSSR count). The third kappa shape index (κ3) is 3.61. The highest BCUT2D eigenvalue weighted by Crippen LogP contribution is 2.33. The Morgan fingerprint density at radius 2 is 1.73 bits per heavy atom. The number of non-ortho nitro benzene ring substituents is 2. The lowest BCUT2D eigenvalue weighted by atomic mass is 10.1. The van der Waals surface area contributed by atoms with Gasteiger partial charge in [0.05, 0.1) is 9.85 Å². The van der Waals surface area contributed by atoms with Gasteiger partial charge in [0.25, 0.3) is 11.4 Å². The zero-order valence-corrected chi connectivity index (χ0v) is 15.9. The Labute approximate surface area is 174 Å². The average Bonchev–Trinajstić information content (AvgIpc) is 3.11. The fourth-order valence-corrected chi connectivity index (χ4v) is 3.11. The van der Waals surface area contributed by atoms with Crippen LogP contribution in [0.1, 0.15) is 5.56 Å². The first-order chi connectivity index (χ1) is 14.4. The number of nitro benzene ring substituents is 2. The minimum atomic E-state index is -0.517. The number of pyridine rings is 1. The van der Waals surface area contributed by atoms with Gasteiger partial charge in [0.2, 0.25) is 0 Å². The molecule has 2 heterocycles. The summed E-state index contributed by atoms with van der Waals surface area (Å²) in [5.41, 5.74) is 1.73. The lowest BCUT2D eigenvalue weighted by molar-refractivity contribution is -0.385. The highest BCUT2D eigenvalue weighted by atomic mass is 35.5. The van der Waals surface area contributed by atoms with Crippen LogP contribution in [-0.2, 0) is 0 Å². The molecule has 0 aliphatic rings. The lowest BCUT2D eigenvalue weighted by Gasteiger charge is -2.02. The molecule has 0 amide bonds. The molecule has 0 atom stereocenters. The molecule has 4 aromatic rings. The zero-order chi connectivity index (χ0) is 21.3. The van der Waals surface area contributed by atoms with Crippen molar-refractivity contribution in [1.82, 2.24) is 9.38 Å². The Hall–Kier alpha value is -4.11. The van der Waals surface area contributed by atoms with Gasteiger partial charge in [-0.25, -0.2) is 9.98 Å². The van der Waals surface area contributed by atoms with E-state index in [4.69, 9.17) is 11.6 Å². The summed E-state index contributed by atoms with van der Waals surface area (Å²) in [6, 6.07) is 15.5. The van der Waals surface area contributed by atoms with E-state index in [1.165, 1.54) is 36.5 Å². The van der Waals surface area contributed by atoms with Crippen molar-refractivity contribution in [2.75, 3.05) is 0 Å². The van der Waals surface area contributed by atoms with Crippen molar-refractivity contribution in [1.29, 1.82) is 0 Å². The van der Waals surface area contributed by atoms with E-state index in [0.29, 0.717) is 33.3 Å². The Morgan fingerprint density at radius 1 is 0.967 bits per heavy atom. The van der Waals surface area contributed by atoms with Crippen molar-refractivity contribution in [3.05, 3.63) is 97.7 Å². The van der Waals surface area contributed by atoms with Crippen molar-refractivity contribution in [3.63, 3.8) is 0 Å². The summed E-state index contributed by atoms with van der Waals surface area (Å²) in [5, 5.41) is 22.5. The van der Waals surface area contributed by atoms with E-state index in [1.807, 2.05) is 6.07 Å².